The van der Waals surface area contributed by atoms with E-state index in [9.17, 15) is 14.4 Å². The smallest absolute Gasteiger partial charge is 0.254 e. The number of rotatable bonds is 6. The van der Waals surface area contributed by atoms with Gasteiger partial charge in [-0.1, -0.05) is 12.1 Å². The van der Waals surface area contributed by atoms with Gasteiger partial charge in [0.15, 0.2) is 0 Å². The molecule has 3 aromatic rings. The fraction of sp³-hybridized carbons (Fsp3) is 0.192. The zero-order chi connectivity index (χ0) is 22.7. The van der Waals surface area contributed by atoms with Crippen LogP contribution in [-0.4, -0.2) is 30.7 Å². The molecule has 0 saturated heterocycles. The normalized spacial score (nSPS) is 11.7. The molecule has 1 aliphatic rings. The van der Waals surface area contributed by atoms with Crippen molar-refractivity contribution in [2.45, 2.75) is 20.0 Å². The van der Waals surface area contributed by atoms with Gasteiger partial charge in [0.1, 0.15) is 11.6 Å². The van der Waals surface area contributed by atoms with Crippen LogP contribution in [0.4, 0.5) is 4.39 Å². The van der Waals surface area contributed by atoms with Crippen molar-refractivity contribution in [2.24, 2.45) is 4.99 Å². The number of carbonyl (C=O) groups excluding carboxylic acids is 1. The van der Waals surface area contributed by atoms with E-state index in [2.05, 4.69) is 11.1 Å². The second kappa shape index (κ2) is 9.03. The number of amides is 1. The average molecular weight is 427 g/mol. The fourth-order valence-corrected chi connectivity index (χ4v) is 3.88. The Morgan fingerprint density at radius 1 is 1.22 bits per heavy atom. The molecule has 1 heterocycles. The average Bonchev–Trinajstić information content (AvgIpc) is 3.27. The van der Waals surface area contributed by atoms with E-state index in [0.717, 1.165) is 22.3 Å². The molecule has 0 unspecified atom stereocenters. The van der Waals surface area contributed by atoms with Crippen LogP contribution in [0.2, 0.25) is 0 Å². The van der Waals surface area contributed by atoms with E-state index in [1.165, 1.54) is 12.1 Å². The van der Waals surface area contributed by atoms with Crippen LogP contribution in [0.15, 0.2) is 59.6 Å². The lowest BCUT2D eigenvalue weighted by atomic mass is 9.99. The Balaban J connectivity index is 1.62. The van der Waals surface area contributed by atoms with Gasteiger partial charge < -0.3 is 9.64 Å². The lowest BCUT2D eigenvalue weighted by Gasteiger charge is -2.20. The third-order valence-electron chi connectivity index (χ3n) is 5.40. The van der Waals surface area contributed by atoms with E-state index >= 15 is 0 Å². The van der Waals surface area contributed by atoms with Crippen LogP contribution in [-0.2, 0) is 13.1 Å². The summed E-state index contributed by atoms with van der Waals surface area (Å²) in [6, 6.07) is 17.3. The van der Waals surface area contributed by atoms with Gasteiger partial charge in [-0.2, -0.15) is 5.26 Å². The molecule has 3 aromatic carbocycles. The first-order chi connectivity index (χ1) is 15.5. The van der Waals surface area contributed by atoms with Crippen molar-refractivity contribution in [1.82, 2.24) is 4.90 Å². The molecule has 0 bridgehead atoms. The number of hydrogen-bond donors (Lipinski definition) is 0. The zero-order valence-corrected chi connectivity index (χ0v) is 17.9. The number of carbonyl (C=O) groups is 1. The summed E-state index contributed by atoms with van der Waals surface area (Å²) in [5.74, 6) is 0.0193. The highest BCUT2D eigenvalue weighted by atomic mass is 19.1. The Hall–Kier alpha value is -3.98. The van der Waals surface area contributed by atoms with E-state index in [1.807, 2.05) is 19.1 Å². The molecule has 32 heavy (non-hydrogen) atoms. The largest absolute Gasteiger partial charge is 0.493 e. The van der Waals surface area contributed by atoms with Gasteiger partial charge in [-0.25, -0.2) is 4.39 Å². The Morgan fingerprint density at radius 3 is 2.81 bits per heavy atom. The van der Waals surface area contributed by atoms with Crippen LogP contribution in [0.5, 0.6) is 5.75 Å². The van der Waals surface area contributed by atoms with E-state index in [-0.39, 0.29) is 11.7 Å². The summed E-state index contributed by atoms with van der Waals surface area (Å²) < 4.78 is 19.5. The highest BCUT2D eigenvalue weighted by molar-refractivity contribution is 5.95. The van der Waals surface area contributed by atoms with Crippen molar-refractivity contribution >= 4 is 12.1 Å². The fourth-order valence-electron chi connectivity index (χ4n) is 3.88. The summed E-state index contributed by atoms with van der Waals surface area (Å²) >= 11 is 0. The molecule has 0 N–H and O–H groups in total. The summed E-state index contributed by atoms with van der Waals surface area (Å²) in [6.07, 6.45) is 1.76. The van der Waals surface area contributed by atoms with Crippen molar-refractivity contribution in [3.8, 4) is 22.9 Å². The summed E-state index contributed by atoms with van der Waals surface area (Å²) in [5.41, 5.74) is 5.31. The van der Waals surface area contributed by atoms with E-state index < -0.39 is 0 Å². The van der Waals surface area contributed by atoms with Crippen LogP contribution >= 0.6 is 0 Å². The van der Waals surface area contributed by atoms with Crippen LogP contribution < -0.4 is 4.74 Å². The van der Waals surface area contributed by atoms with Gasteiger partial charge in [0.05, 0.1) is 24.8 Å². The Morgan fingerprint density at radius 2 is 2.06 bits per heavy atom. The number of aliphatic imine (C=N–C) groups is 1. The van der Waals surface area contributed by atoms with E-state index in [1.54, 1.807) is 48.5 Å². The van der Waals surface area contributed by atoms with Gasteiger partial charge in [-0.05, 0) is 71.6 Å². The minimum absolute atomic E-state index is 0.174. The van der Waals surface area contributed by atoms with Gasteiger partial charge in [0.25, 0.3) is 5.91 Å². The third-order valence-corrected chi connectivity index (χ3v) is 5.40. The predicted octanol–water partition coefficient (Wildman–Crippen LogP) is 4.97. The summed E-state index contributed by atoms with van der Waals surface area (Å²) in [4.78, 5) is 19.1. The number of nitrogens with zero attached hydrogens (tertiary/aromatic N) is 3. The molecule has 0 atom stereocenters. The Labute approximate surface area is 186 Å². The molecule has 0 aromatic heterocycles. The first kappa shape index (κ1) is 21.3. The zero-order valence-electron chi connectivity index (χ0n) is 17.9. The first-order valence-electron chi connectivity index (χ1n) is 10.3. The number of halogens is 1. The van der Waals surface area contributed by atoms with Crippen molar-refractivity contribution in [3.63, 3.8) is 0 Å². The monoisotopic (exact) mass is 427 g/mol. The Kier molecular flexibility index (Phi) is 6.00. The van der Waals surface area contributed by atoms with Gasteiger partial charge in [-0.3, -0.25) is 9.79 Å². The molecular weight excluding hydrogens is 405 g/mol. The highest BCUT2D eigenvalue weighted by Gasteiger charge is 2.19. The molecule has 0 radical (unpaired) electrons. The van der Waals surface area contributed by atoms with Crippen molar-refractivity contribution in [3.05, 3.63) is 88.2 Å². The molecule has 6 heteroatoms. The Bertz CT molecular complexity index is 1260. The van der Waals surface area contributed by atoms with Crippen LogP contribution in [0.3, 0.4) is 0 Å². The van der Waals surface area contributed by atoms with Crippen molar-refractivity contribution in [2.75, 3.05) is 13.7 Å². The topological polar surface area (TPSA) is 65.7 Å². The lowest BCUT2D eigenvalue weighted by Crippen LogP contribution is -2.27. The van der Waals surface area contributed by atoms with Crippen molar-refractivity contribution in [1.29, 1.82) is 5.26 Å². The molecule has 1 amide bonds. The molecular formula is C26H22FN3O2. The number of nitriles is 1. The molecule has 0 spiro atoms. The molecule has 4 rings (SSSR count). The van der Waals surface area contributed by atoms with Crippen LogP contribution in [0.1, 0.15) is 39.5 Å². The highest BCUT2D eigenvalue weighted by Crippen LogP contribution is 2.32. The molecule has 160 valence electrons. The quantitative estimate of drug-likeness (QED) is 0.558. The maximum Gasteiger partial charge on any atom is 0.254 e. The molecule has 0 saturated carbocycles. The van der Waals surface area contributed by atoms with Gasteiger partial charge in [-0.15, -0.1) is 0 Å². The van der Waals surface area contributed by atoms with E-state index in [4.69, 9.17) is 4.74 Å². The minimum Gasteiger partial charge on any atom is -0.493 e. The molecule has 5 nitrogen and oxygen atoms in total. The third kappa shape index (κ3) is 4.23. The van der Waals surface area contributed by atoms with Gasteiger partial charge in [0.2, 0.25) is 0 Å². The van der Waals surface area contributed by atoms with Gasteiger partial charge in [0, 0.05) is 30.9 Å². The molecule has 1 aliphatic heterocycles. The number of benzene rings is 3. The maximum absolute atomic E-state index is 13.7. The molecule has 0 aliphatic carbocycles. The number of hydrogen-bond acceptors (Lipinski definition) is 4. The number of ether oxygens (including phenoxy) is 1. The summed E-state index contributed by atoms with van der Waals surface area (Å²) in [5, 5.41) is 9.32. The standard InChI is InChI=1S/C26H22FN3O2/c1-3-32-25-12-19(7-8-23(25)18-5-4-6-22(27)11-18)26(31)30(2)16-21-10-17(13-28)9-20-14-29-15-24(20)21/h4-12,14H,3,15-16H2,1-2H3. The lowest BCUT2D eigenvalue weighted by molar-refractivity contribution is 0.0784. The summed E-state index contributed by atoms with van der Waals surface area (Å²) in [6.45, 7) is 3.19. The minimum atomic E-state index is -0.332. The molecule has 0 fully saturated rings. The second-order valence-corrected chi connectivity index (χ2v) is 7.60. The SMILES string of the molecule is CCOc1cc(C(=O)N(C)Cc2cc(C#N)cc3c2CN=C3)ccc1-c1cccc(F)c1. The maximum atomic E-state index is 13.7. The summed E-state index contributed by atoms with van der Waals surface area (Å²) in [7, 11) is 1.73. The number of fused-ring (bicyclic) bond motifs is 1. The van der Waals surface area contributed by atoms with Gasteiger partial charge >= 0.3 is 0 Å². The second-order valence-electron chi connectivity index (χ2n) is 7.60. The van der Waals surface area contributed by atoms with Crippen LogP contribution in [0, 0.1) is 17.1 Å². The van der Waals surface area contributed by atoms with E-state index in [0.29, 0.717) is 42.1 Å². The van der Waals surface area contributed by atoms with Crippen LogP contribution in [0.25, 0.3) is 11.1 Å². The first-order valence-corrected chi connectivity index (χ1v) is 10.3. The predicted molar refractivity (Wildman–Crippen MR) is 121 cm³/mol. The van der Waals surface area contributed by atoms with Crippen molar-refractivity contribution < 1.29 is 13.9 Å².